The molecule has 0 spiro atoms. The van der Waals surface area contributed by atoms with Crippen LogP contribution in [0.5, 0.6) is 0 Å². The van der Waals surface area contributed by atoms with Crippen molar-refractivity contribution < 1.29 is 4.79 Å². The van der Waals surface area contributed by atoms with Crippen LogP contribution in [-0.4, -0.2) is 11.5 Å². The average Bonchev–Trinajstić information content (AvgIpc) is 2.44. The van der Waals surface area contributed by atoms with Crippen LogP contribution in [0.15, 0.2) is 40.5 Å². The van der Waals surface area contributed by atoms with E-state index in [9.17, 15) is 10.1 Å². The molecule has 2 atom stereocenters. The maximum atomic E-state index is 12.8. The van der Waals surface area contributed by atoms with E-state index in [1.165, 1.54) is 0 Å². The van der Waals surface area contributed by atoms with Crippen LogP contribution in [0.4, 0.5) is 0 Å². The molecule has 3 rings (SSSR count). The molecule has 23 heavy (non-hydrogen) atoms. The lowest BCUT2D eigenvalue weighted by Gasteiger charge is -2.37. The number of benzene rings is 1. The molecule has 3 nitrogen and oxygen atoms in total. The molecule has 0 saturated carbocycles. The molecule has 2 unspecified atom stereocenters. The van der Waals surface area contributed by atoms with Crippen molar-refractivity contribution in [2.45, 2.75) is 39.5 Å². The summed E-state index contributed by atoms with van der Waals surface area (Å²) in [6.07, 6.45) is 1.32. The molecule has 0 radical (unpaired) electrons. The number of carbonyl (C=O) groups is 1. The molecule has 0 fully saturated rings. The fraction of sp³-hybridized carbons (Fsp3) is 0.421. The van der Waals surface area contributed by atoms with Gasteiger partial charge in [0.05, 0.1) is 12.0 Å². The fourth-order valence-corrected chi connectivity index (χ4v) is 4.24. The quantitative estimate of drug-likeness (QED) is 0.625. The Morgan fingerprint density at radius 1 is 1.35 bits per heavy atom. The summed E-state index contributed by atoms with van der Waals surface area (Å²) in [6.45, 7) is 6.12. The Balaban J connectivity index is 2.19. The number of carbonyl (C=O) groups excluding carboxylic acids is 1. The normalized spacial score (nSPS) is 26.4. The number of hydrogen-bond acceptors (Lipinski definition) is 3. The molecule has 1 heterocycles. The molecule has 1 aliphatic heterocycles. The van der Waals surface area contributed by atoms with Gasteiger partial charge in [-0.1, -0.05) is 26.0 Å². The summed E-state index contributed by atoms with van der Waals surface area (Å²) in [4.78, 5) is 17.5. The van der Waals surface area contributed by atoms with Gasteiger partial charge in [0.15, 0.2) is 5.78 Å². The third-order valence-electron chi connectivity index (χ3n) is 4.65. The number of nitriles is 1. The maximum absolute atomic E-state index is 12.8. The summed E-state index contributed by atoms with van der Waals surface area (Å²) >= 11 is 2.27. The van der Waals surface area contributed by atoms with E-state index in [0.717, 1.165) is 32.5 Å². The first-order valence-electron chi connectivity index (χ1n) is 7.79. The number of rotatable bonds is 1. The molecule has 0 saturated heterocycles. The van der Waals surface area contributed by atoms with E-state index in [1.54, 1.807) is 0 Å². The largest absolute Gasteiger partial charge is 0.294 e. The predicted molar refractivity (Wildman–Crippen MR) is 99.2 cm³/mol. The number of hydrogen-bond donors (Lipinski definition) is 0. The SMILES string of the molecule is CC1=NC2=C(C(=O)CC(C)(C)C2)C(c2cccc(I)c2)C1C#N. The van der Waals surface area contributed by atoms with E-state index in [-0.39, 0.29) is 23.0 Å². The first kappa shape index (κ1) is 16.4. The zero-order valence-electron chi connectivity index (χ0n) is 13.6. The molecule has 0 amide bonds. The molecule has 0 bridgehead atoms. The van der Waals surface area contributed by atoms with E-state index in [2.05, 4.69) is 53.6 Å². The number of Topliss-reactive ketones (excluding diaryl/α,β-unsaturated/α-hetero) is 1. The van der Waals surface area contributed by atoms with Gasteiger partial charge in [0.1, 0.15) is 0 Å². The summed E-state index contributed by atoms with van der Waals surface area (Å²) < 4.78 is 1.11. The van der Waals surface area contributed by atoms with Crippen molar-refractivity contribution in [3.8, 4) is 6.07 Å². The van der Waals surface area contributed by atoms with Crippen LogP contribution in [0.25, 0.3) is 0 Å². The Hall–Kier alpha value is -1.48. The van der Waals surface area contributed by atoms with Gasteiger partial charge in [-0.3, -0.25) is 9.79 Å². The highest BCUT2D eigenvalue weighted by molar-refractivity contribution is 14.1. The van der Waals surface area contributed by atoms with E-state index in [0.29, 0.717) is 6.42 Å². The van der Waals surface area contributed by atoms with Crippen LogP contribution in [0, 0.1) is 26.2 Å². The minimum Gasteiger partial charge on any atom is -0.294 e. The molecular weight excluding hydrogens is 399 g/mol. The predicted octanol–water partition coefficient (Wildman–Crippen LogP) is 4.63. The van der Waals surface area contributed by atoms with Gasteiger partial charge >= 0.3 is 0 Å². The Morgan fingerprint density at radius 3 is 2.74 bits per heavy atom. The molecule has 2 aliphatic rings. The molecule has 0 N–H and O–H groups in total. The van der Waals surface area contributed by atoms with Gasteiger partial charge in [0.25, 0.3) is 0 Å². The van der Waals surface area contributed by atoms with Crippen molar-refractivity contribution >= 4 is 34.1 Å². The van der Waals surface area contributed by atoms with Crippen molar-refractivity contribution in [1.29, 1.82) is 5.26 Å². The van der Waals surface area contributed by atoms with Gasteiger partial charge in [-0.2, -0.15) is 5.26 Å². The van der Waals surface area contributed by atoms with Gasteiger partial charge in [-0.15, -0.1) is 0 Å². The lowest BCUT2D eigenvalue weighted by molar-refractivity contribution is -0.118. The lowest BCUT2D eigenvalue weighted by Crippen LogP contribution is -2.35. The molecule has 118 valence electrons. The Kier molecular flexibility index (Phi) is 4.18. The third kappa shape index (κ3) is 2.99. The Morgan fingerprint density at radius 2 is 2.09 bits per heavy atom. The zero-order valence-corrected chi connectivity index (χ0v) is 15.7. The van der Waals surface area contributed by atoms with Gasteiger partial charge in [-0.05, 0) is 59.0 Å². The smallest absolute Gasteiger partial charge is 0.161 e. The van der Waals surface area contributed by atoms with Crippen molar-refractivity contribution in [2.24, 2.45) is 16.3 Å². The fourth-order valence-electron chi connectivity index (χ4n) is 3.67. The minimum absolute atomic E-state index is 0.0607. The zero-order chi connectivity index (χ0) is 16.8. The first-order chi connectivity index (χ1) is 10.8. The van der Waals surface area contributed by atoms with Crippen LogP contribution in [0.1, 0.15) is 45.1 Å². The maximum Gasteiger partial charge on any atom is 0.161 e. The summed E-state index contributed by atoms with van der Waals surface area (Å²) in [6, 6.07) is 10.5. The summed E-state index contributed by atoms with van der Waals surface area (Å²) in [7, 11) is 0. The number of ketones is 1. The van der Waals surface area contributed by atoms with Gasteiger partial charge in [-0.25, -0.2) is 0 Å². The summed E-state index contributed by atoms with van der Waals surface area (Å²) in [5, 5.41) is 9.68. The highest BCUT2D eigenvalue weighted by Crippen LogP contribution is 2.47. The summed E-state index contributed by atoms with van der Waals surface area (Å²) in [5.41, 5.74) is 3.45. The van der Waals surface area contributed by atoms with Gasteiger partial charge in [0, 0.05) is 32.9 Å². The number of allylic oxidation sites excluding steroid dienone is 2. The molecule has 4 heteroatoms. The summed E-state index contributed by atoms with van der Waals surface area (Å²) in [5.74, 6) is -0.403. The second-order valence-electron chi connectivity index (χ2n) is 7.19. The van der Waals surface area contributed by atoms with Crippen molar-refractivity contribution in [2.75, 3.05) is 0 Å². The Bertz CT molecular complexity index is 783. The van der Waals surface area contributed by atoms with Crippen molar-refractivity contribution in [3.05, 3.63) is 44.7 Å². The average molecular weight is 418 g/mol. The van der Waals surface area contributed by atoms with Gasteiger partial charge in [0.2, 0.25) is 0 Å². The van der Waals surface area contributed by atoms with Gasteiger partial charge < -0.3 is 0 Å². The van der Waals surface area contributed by atoms with Crippen LogP contribution >= 0.6 is 22.6 Å². The van der Waals surface area contributed by atoms with Crippen LogP contribution < -0.4 is 0 Å². The minimum atomic E-state index is -0.364. The van der Waals surface area contributed by atoms with E-state index >= 15 is 0 Å². The van der Waals surface area contributed by atoms with Crippen LogP contribution in [-0.2, 0) is 4.79 Å². The van der Waals surface area contributed by atoms with Crippen LogP contribution in [0.3, 0.4) is 0 Å². The van der Waals surface area contributed by atoms with E-state index < -0.39 is 0 Å². The highest BCUT2D eigenvalue weighted by atomic mass is 127. The molecular formula is C19H19IN2O. The lowest BCUT2D eigenvalue weighted by atomic mass is 9.67. The molecule has 1 aromatic rings. The van der Waals surface area contributed by atoms with E-state index in [4.69, 9.17) is 0 Å². The molecule has 1 aromatic carbocycles. The highest BCUT2D eigenvalue weighted by Gasteiger charge is 2.43. The van der Waals surface area contributed by atoms with Crippen molar-refractivity contribution in [3.63, 3.8) is 0 Å². The molecule has 1 aliphatic carbocycles. The monoisotopic (exact) mass is 418 g/mol. The topological polar surface area (TPSA) is 53.2 Å². The Labute approximate surface area is 150 Å². The van der Waals surface area contributed by atoms with Crippen molar-refractivity contribution in [1.82, 2.24) is 0 Å². The number of aliphatic imine (C=N–C) groups is 1. The third-order valence-corrected chi connectivity index (χ3v) is 5.32. The standard InChI is InChI=1S/C19H19IN2O/c1-11-14(10-21)17(12-5-4-6-13(20)7-12)18-15(22-11)8-19(2,3)9-16(18)23/h4-7,14,17H,8-9H2,1-3H3. The number of halogens is 1. The number of nitrogens with zero attached hydrogens (tertiary/aromatic N) is 2. The van der Waals surface area contributed by atoms with E-state index in [1.807, 2.05) is 25.1 Å². The second kappa shape index (κ2) is 5.86. The van der Waals surface area contributed by atoms with Crippen LogP contribution in [0.2, 0.25) is 0 Å². The second-order valence-corrected chi connectivity index (χ2v) is 8.44. The first-order valence-corrected chi connectivity index (χ1v) is 8.87. The molecule has 0 aromatic heterocycles.